The van der Waals surface area contributed by atoms with Crippen LogP contribution >= 0.6 is 0 Å². The molecule has 0 spiro atoms. The molecule has 0 fully saturated rings. The number of hydrogen-bond donors (Lipinski definition) is 1. The van der Waals surface area contributed by atoms with Gasteiger partial charge >= 0.3 is 5.97 Å². The quantitative estimate of drug-likeness (QED) is 0.0377. The molecule has 0 rings (SSSR count). The smallest absolute Gasteiger partial charge is 0.306 e. The summed E-state index contributed by atoms with van der Waals surface area (Å²) in [6, 6.07) is 0. The topological polar surface area (TPSA) is 55.8 Å². The molecule has 0 aliphatic rings. The molecule has 0 aliphatic carbocycles. The van der Waals surface area contributed by atoms with Gasteiger partial charge in [-0.3, -0.25) is 4.79 Å². The van der Waals surface area contributed by atoms with Gasteiger partial charge in [-0.05, 0) is 38.5 Å². The molecule has 1 atom stereocenters. The van der Waals surface area contributed by atoms with Crippen molar-refractivity contribution in [1.29, 1.82) is 0 Å². The van der Waals surface area contributed by atoms with Crippen molar-refractivity contribution in [2.75, 3.05) is 19.8 Å². The van der Waals surface area contributed by atoms with Crippen LogP contribution in [0.1, 0.15) is 309 Å². The fraction of sp³-hybridized carbons (Fsp3) is 0.945. The van der Waals surface area contributed by atoms with Gasteiger partial charge in [0.05, 0.1) is 13.2 Å². The zero-order valence-electron chi connectivity index (χ0n) is 40.6. The van der Waals surface area contributed by atoms with Crippen LogP contribution in [-0.2, 0) is 14.3 Å². The highest BCUT2D eigenvalue weighted by Gasteiger charge is 2.13. The van der Waals surface area contributed by atoms with E-state index in [1.165, 1.54) is 270 Å². The monoisotopic (exact) mass is 833 g/mol. The molecular weight excluding hydrogens is 725 g/mol. The first-order valence-electron chi connectivity index (χ1n) is 27.3. The van der Waals surface area contributed by atoms with Gasteiger partial charge in [0.25, 0.3) is 0 Å². The van der Waals surface area contributed by atoms with E-state index in [4.69, 9.17) is 9.47 Å². The molecule has 0 radical (unpaired) electrons. The summed E-state index contributed by atoms with van der Waals surface area (Å²) in [4.78, 5) is 12.3. The number of unbranched alkanes of at least 4 members (excludes halogenated alkanes) is 42. The van der Waals surface area contributed by atoms with Crippen molar-refractivity contribution in [3.63, 3.8) is 0 Å². The molecule has 352 valence electrons. The van der Waals surface area contributed by atoms with Gasteiger partial charge in [0.2, 0.25) is 0 Å². The molecule has 0 aliphatic heterocycles. The highest BCUT2D eigenvalue weighted by Crippen LogP contribution is 2.17. The Labute approximate surface area is 371 Å². The number of allylic oxidation sites excluding steroid dienone is 2. The molecule has 0 saturated carbocycles. The normalized spacial score (nSPS) is 12.3. The van der Waals surface area contributed by atoms with Crippen molar-refractivity contribution < 1.29 is 19.4 Å². The summed E-state index contributed by atoms with van der Waals surface area (Å²) in [5, 5.41) is 9.66. The van der Waals surface area contributed by atoms with Crippen molar-refractivity contribution >= 4 is 5.97 Å². The Balaban J connectivity index is 3.34. The fourth-order valence-electron chi connectivity index (χ4n) is 8.50. The molecule has 0 aromatic heterocycles. The zero-order valence-corrected chi connectivity index (χ0v) is 40.6. The van der Waals surface area contributed by atoms with Crippen LogP contribution in [0.15, 0.2) is 12.2 Å². The average molecular weight is 833 g/mol. The minimum absolute atomic E-state index is 0.165. The van der Waals surface area contributed by atoms with Crippen molar-refractivity contribution in [3.8, 4) is 0 Å². The lowest BCUT2D eigenvalue weighted by Gasteiger charge is -2.16. The summed E-state index contributed by atoms with van der Waals surface area (Å²) < 4.78 is 11.2. The Kier molecular flexibility index (Phi) is 52.5. The second-order valence-electron chi connectivity index (χ2n) is 18.7. The van der Waals surface area contributed by atoms with Gasteiger partial charge < -0.3 is 14.6 Å². The largest absolute Gasteiger partial charge is 0.457 e. The lowest BCUT2D eigenvalue weighted by molar-refractivity contribution is -0.154. The molecule has 0 amide bonds. The minimum Gasteiger partial charge on any atom is -0.457 e. The first kappa shape index (κ1) is 58.1. The van der Waals surface area contributed by atoms with Crippen LogP contribution < -0.4 is 0 Å². The molecule has 59 heavy (non-hydrogen) atoms. The highest BCUT2D eigenvalue weighted by molar-refractivity contribution is 5.69. The van der Waals surface area contributed by atoms with Crippen LogP contribution in [-0.4, -0.2) is 37.0 Å². The number of rotatable bonds is 52. The number of hydrogen-bond acceptors (Lipinski definition) is 4. The molecule has 0 bridgehead atoms. The molecule has 0 saturated heterocycles. The van der Waals surface area contributed by atoms with E-state index < -0.39 is 6.10 Å². The number of carbonyl (C=O) groups excluding carboxylic acids is 1. The Morgan fingerprint density at radius 1 is 0.390 bits per heavy atom. The van der Waals surface area contributed by atoms with E-state index in [-0.39, 0.29) is 12.6 Å². The van der Waals surface area contributed by atoms with Crippen LogP contribution in [0.3, 0.4) is 0 Å². The predicted octanol–water partition coefficient (Wildman–Crippen LogP) is 18.4. The average Bonchev–Trinajstić information content (AvgIpc) is 3.24. The number of carbonyl (C=O) groups is 1. The standard InChI is InChI=1S/C55H108O4/c1-3-5-7-9-11-13-15-17-19-21-23-25-27-28-29-30-32-34-36-38-40-42-44-46-48-50-55(57)59-54(52-56)53-58-51-49-47-45-43-41-39-37-35-33-31-26-24-22-20-18-16-14-12-10-8-6-4-2/h22,24,54,56H,3-21,23,25-53H2,1-2H3/b24-22-. The summed E-state index contributed by atoms with van der Waals surface area (Å²) in [5.41, 5.74) is 0. The third kappa shape index (κ3) is 51.4. The first-order chi connectivity index (χ1) is 29.2. The maximum atomic E-state index is 12.3. The zero-order chi connectivity index (χ0) is 42.6. The second-order valence-corrected chi connectivity index (χ2v) is 18.7. The lowest BCUT2D eigenvalue weighted by Crippen LogP contribution is -2.27. The van der Waals surface area contributed by atoms with E-state index in [9.17, 15) is 9.90 Å². The van der Waals surface area contributed by atoms with Crippen LogP contribution in [0.25, 0.3) is 0 Å². The van der Waals surface area contributed by atoms with Crippen molar-refractivity contribution in [2.45, 2.75) is 315 Å². The number of aliphatic hydroxyl groups is 1. The Morgan fingerprint density at radius 3 is 0.966 bits per heavy atom. The first-order valence-corrected chi connectivity index (χ1v) is 27.3. The van der Waals surface area contributed by atoms with Crippen LogP contribution in [0.5, 0.6) is 0 Å². The van der Waals surface area contributed by atoms with E-state index in [0.29, 0.717) is 19.6 Å². The van der Waals surface area contributed by atoms with Gasteiger partial charge in [-0.25, -0.2) is 0 Å². The van der Waals surface area contributed by atoms with Gasteiger partial charge in [-0.1, -0.05) is 276 Å². The van der Waals surface area contributed by atoms with Crippen LogP contribution in [0.4, 0.5) is 0 Å². The minimum atomic E-state index is -0.530. The SMILES string of the molecule is CCCCCCCCCC/C=C\CCCCCCCCCCCCOCC(CO)OC(=O)CCCCCCCCCCCCCCCCCCCCCCCCCCC. The number of aliphatic hydroxyl groups excluding tert-OH is 1. The van der Waals surface area contributed by atoms with E-state index in [1.807, 2.05) is 0 Å². The molecular formula is C55H108O4. The fourth-order valence-corrected chi connectivity index (χ4v) is 8.50. The van der Waals surface area contributed by atoms with E-state index in [1.54, 1.807) is 0 Å². The number of ether oxygens (including phenoxy) is 2. The van der Waals surface area contributed by atoms with Crippen molar-refractivity contribution in [3.05, 3.63) is 12.2 Å². The third-order valence-corrected chi connectivity index (χ3v) is 12.6. The predicted molar refractivity (Wildman–Crippen MR) is 261 cm³/mol. The Bertz CT molecular complexity index is 796. The van der Waals surface area contributed by atoms with E-state index in [0.717, 1.165) is 19.3 Å². The summed E-state index contributed by atoms with van der Waals surface area (Å²) in [5.74, 6) is -0.192. The highest BCUT2D eigenvalue weighted by atomic mass is 16.6. The molecule has 4 nitrogen and oxygen atoms in total. The van der Waals surface area contributed by atoms with Gasteiger partial charge in [0.15, 0.2) is 0 Å². The summed E-state index contributed by atoms with van der Waals surface area (Å²) in [6.07, 6.45) is 66.1. The van der Waals surface area contributed by atoms with Gasteiger partial charge in [0.1, 0.15) is 6.10 Å². The van der Waals surface area contributed by atoms with Gasteiger partial charge in [0, 0.05) is 13.0 Å². The second kappa shape index (κ2) is 53.3. The Morgan fingerprint density at radius 2 is 0.661 bits per heavy atom. The molecule has 0 aromatic rings. The third-order valence-electron chi connectivity index (χ3n) is 12.6. The number of esters is 1. The summed E-state index contributed by atoms with van der Waals surface area (Å²) in [7, 11) is 0. The van der Waals surface area contributed by atoms with Crippen molar-refractivity contribution in [2.24, 2.45) is 0 Å². The Hall–Kier alpha value is -0.870. The lowest BCUT2D eigenvalue weighted by atomic mass is 10.0. The van der Waals surface area contributed by atoms with Crippen molar-refractivity contribution in [1.82, 2.24) is 0 Å². The van der Waals surface area contributed by atoms with Gasteiger partial charge in [-0.15, -0.1) is 0 Å². The van der Waals surface area contributed by atoms with E-state index in [2.05, 4.69) is 26.0 Å². The molecule has 0 heterocycles. The molecule has 0 aromatic carbocycles. The molecule has 4 heteroatoms. The van der Waals surface area contributed by atoms with Gasteiger partial charge in [-0.2, -0.15) is 0 Å². The summed E-state index contributed by atoms with van der Waals surface area (Å²) >= 11 is 0. The van der Waals surface area contributed by atoms with E-state index >= 15 is 0 Å². The molecule has 1 unspecified atom stereocenters. The maximum Gasteiger partial charge on any atom is 0.306 e. The maximum absolute atomic E-state index is 12.3. The summed E-state index contributed by atoms with van der Waals surface area (Å²) in [6.45, 7) is 5.41. The van der Waals surface area contributed by atoms with Crippen LogP contribution in [0.2, 0.25) is 0 Å². The van der Waals surface area contributed by atoms with Crippen LogP contribution in [0, 0.1) is 0 Å². The molecule has 1 N–H and O–H groups in total.